The van der Waals surface area contributed by atoms with Gasteiger partial charge in [0.25, 0.3) is 0 Å². The minimum atomic E-state index is 0.185. The number of fused-ring (bicyclic) bond motifs is 2. The van der Waals surface area contributed by atoms with Crippen molar-refractivity contribution >= 4 is 5.78 Å². The number of benzene rings is 2. The molecule has 0 saturated heterocycles. The summed E-state index contributed by atoms with van der Waals surface area (Å²) in [5, 5.41) is 0. The number of hydrogen-bond acceptors (Lipinski definition) is 1. The molecule has 3 rings (SSSR count). The zero-order chi connectivity index (χ0) is 16.7. The smallest absolute Gasteiger partial charge is 0.193 e. The Balaban J connectivity index is 0.000000561. The van der Waals surface area contributed by atoms with E-state index in [0.717, 1.165) is 35.1 Å². The van der Waals surface area contributed by atoms with Crippen molar-refractivity contribution < 1.29 is 4.79 Å². The molecule has 0 N–H and O–H groups in total. The van der Waals surface area contributed by atoms with Crippen LogP contribution in [0.25, 0.3) is 0 Å². The second kappa shape index (κ2) is 8.53. The summed E-state index contributed by atoms with van der Waals surface area (Å²) in [4.78, 5) is 12.6. The monoisotopic (exact) mass is 296 g/mol. The fraction of sp³-hybridized carbons (Fsp3) is 0.381. The van der Waals surface area contributed by atoms with Crippen LogP contribution >= 0.6 is 0 Å². The van der Waals surface area contributed by atoms with E-state index in [9.17, 15) is 4.79 Å². The van der Waals surface area contributed by atoms with Crippen LogP contribution in [-0.2, 0) is 12.8 Å². The maximum absolute atomic E-state index is 12.6. The number of rotatable bonds is 0. The van der Waals surface area contributed by atoms with Gasteiger partial charge < -0.3 is 0 Å². The number of aryl methyl sites for hydroxylation is 4. The second-order valence-corrected chi connectivity index (χ2v) is 5.15. The van der Waals surface area contributed by atoms with Crippen LogP contribution in [0.15, 0.2) is 36.4 Å². The SMILES string of the molecule is CC.CC.Cc1ccc2c(c1)C(=O)c1cc(C)ccc1CC2. The molecule has 1 nitrogen and oxygen atoms in total. The zero-order valence-electron chi connectivity index (χ0n) is 14.8. The van der Waals surface area contributed by atoms with Gasteiger partial charge in [0.2, 0.25) is 0 Å². The Kier molecular flexibility index (Phi) is 7.04. The van der Waals surface area contributed by atoms with E-state index in [4.69, 9.17) is 0 Å². The van der Waals surface area contributed by atoms with Crippen LogP contribution in [0.5, 0.6) is 0 Å². The third-order valence-corrected chi connectivity index (χ3v) is 3.68. The lowest BCUT2D eigenvalue weighted by molar-refractivity contribution is 0.103. The summed E-state index contributed by atoms with van der Waals surface area (Å²) in [7, 11) is 0. The summed E-state index contributed by atoms with van der Waals surface area (Å²) in [5.41, 5.74) is 6.44. The van der Waals surface area contributed by atoms with Crippen molar-refractivity contribution in [3.8, 4) is 0 Å². The van der Waals surface area contributed by atoms with E-state index in [1.807, 2.05) is 53.7 Å². The molecule has 118 valence electrons. The van der Waals surface area contributed by atoms with Crippen LogP contribution in [0.2, 0.25) is 0 Å². The van der Waals surface area contributed by atoms with E-state index in [2.05, 4.69) is 24.3 Å². The van der Waals surface area contributed by atoms with Crippen LogP contribution in [-0.4, -0.2) is 5.78 Å². The van der Waals surface area contributed by atoms with Gasteiger partial charge in [-0.1, -0.05) is 63.1 Å². The van der Waals surface area contributed by atoms with E-state index in [0.29, 0.717) is 0 Å². The predicted octanol–water partition coefficient (Wildman–Crippen LogP) is 5.69. The first-order valence-electron chi connectivity index (χ1n) is 8.39. The van der Waals surface area contributed by atoms with Gasteiger partial charge in [-0.15, -0.1) is 0 Å². The molecule has 0 spiro atoms. The molecule has 0 bridgehead atoms. The van der Waals surface area contributed by atoms with E-state index in [1.165, 1.54) is 11.1 Å². The van der Waals surface area contributed by atoms with Crippen LogP contribution in [0.1, 0.15) is 65.9 Å². The first-order valence-corrected chi connectivity index (χ1v) is 8.39. The van der Waals surface area contributed by atoms with Gasteiger partial charge in [-0.3, -0.25) is 4.79 Å². The third-order valence-electron chi connectivity index (χ3n) is 3.68. The van der Waals surface area contributed by atoms with Gasteiger partial charge in [0.1, 0.15) is 0 Å². The van der Waals surface area contributed by atoms with Gasteiger partial charge in [-0.2, -0.15) is 0 Å². The molecule has 2 aromatic carbocycles. The Bertz CT molecular complexity index is 583. The van der Waals surface area contributed by atoms with Crippen LogP contribution in [0.3, 0.4) is 0 Å². The Hall–Kier alpha value is -1.89. The summed E-state index contributed by atoms with van der Waals surface area (Å²) in [6.07, 6.45) is 1.91. The van der Waals surface area contributed by atoms with E-state index < -0.39 is 0 Å². The Morgan fingerprint density at radius 2 is 1.05 bits per heavy atom. The summed E-state index contributed by atoms with van der Waals surface area (Å²) in [6, 6.07) is 12.4. The molecule has 0 aromatic heterocycles. The summed E-state index contributed by atoms with van der Waals surface area (Å²) in [6.45, 7) is 12.1. The molecule has 0 saturated carbocycles. The van der Waals surface area contributed by atoms with Crippen LogP contribution in [0.4, 0.5) is 0 Å². The second-order valence-electron chi connectivity index (χ2n) is 5.15. The Labute approximate surface area is 135 Å². The average Bonchev–Trinajstić information content (AvgIpc) is 2.69. The van der Waals surface area contributed by atoms with Crippen molar-refractivity contribution in [2.45, 2.75) is 54.4 Å². The third kappa shape index (κ3) is 3.85. The average molecular weight is 296 g/mol. The summed E-state index contributed by atoms with van der Waals surface area (Å²) >= 11 is 0. The van der Waals surface area contributed by atoms with Crippen molar-refractivity contribution in [1.82, 2.24) is 0 Å². The molecule has 0 unspecified atom stereocenters. The fourth-order valence-electron chi connectivity index (χ4n) is 2.65. The quantitative estimate of drug-likeness (QED) is 0.610. The van der Waals surface area contributed by atoms with Crippen molar-refractivity contribution in [3.05, 3.63) is 69.8 Å². The molecule has 0 radical (unpaired) electrons. The summed E-state index contributed by atoms with van der Waals surface area (Å²) < 4.78 is 0. The highest BCUT2D eigenvalue weighted by molar-refractivity contribution is 6.11. The molecule has 0 aliphatic heterocycles. The highest BCUT2D eigenvalue weighted by Gasteiger charge is 2.20. The first-order chi connectivity index (χ1) is 10.6. The van der Waals surface area contributed by atoms with Crippen LogP contribution in [0, 0.1) is 13.8 Å². The molecule has 0 atom stereocenters. The van der Waals surface area contributed by atoms with Gasteiger partial charge >= 0.3 is 0 Å². The van der Waals surface area contributed by atoms with E-state index >= 15 is 0 Å². The van der Waals surface area contributed by atoms with Crippen molar-refractivity contribution in [3.63, 3.8) is 0 Å². The molecule has 2 aromatic rings. The topological polar surface area (TPSA) is 17.1 Å². The van der Waals surface area contributed by atoms with Crippen LogP contribution < -0.4 is 0 Å². The van der Waals surface area contributed by atoms with Crippen molar-refractivity contribution in [2.75, 3.05) is 0 Å². The Morgan fingerprint density at radius 1 is 0.682 bits per heavy atom. The molecule has 0 fully saturated rings. The Morgan fingerprint density at radius 3 is 1.41 bits per heavy atom. The molecule has 22 heavy (non-hydrogen) atoms. The van der Waals surface area contributed by atoms with E-state index in [1.54, 1.807) is 0 Å². The molecule has 0 heterocycles. The fourth-order valence-corrected chi connectivity index (χ4v) is 2.65. The lowest BCUT2D eigenvalue weighted by Crippen LogP contribution is -2.04. The minimum absolute atomic E-state index is 0.185. The van der Waals surface area contributed by atoms with Crippen molar-refractivity contribution in [2.24, 2.45) is 0 Å². The number of ketones is 1. The normalized spacial score (nSPS) is 11.8. The molecule has 1 heteroatoms. The molecular formula is C21H28O. The molecular weight excluding hydrogens is 268 g/mol. The highest BCUT2D eigenvalue weighted by atomic mass is 16.1. The van der Waals surface area contributed by atoms with Gasteiger partial charge in [0.15, 0.2) is 5.78 Å². The summed E-state index contributed by atoms with van der Waals surface area (Å²) in [5.74, 6) is 0.185. The number of hydrogen-bond donors (Lipinski definition) is 0. The lowest BCUT2D eigenvalue weighted by Gasteiger charge is -2.07. The minimum Gasteiger partial charge on any atom is -0.289 e. The maximum Gasteiger partial charge on any atom is 0.193 e. The molecule has 0 amide bonds. The molecule has 1 aliphatic carbocycles. The predicted molar refractivity (Wildman–Crippen MR) is 95.9 cm³/mol. The highest BCUT2D eigenvalue weighted by Crippen LogP contribution is 2.25. The van der Waals surface area contributed by atoms with Crippen molar-refractivity contribution in [1.29, 1.82) is 0 Å². The van der Waals surface area contributed by atoms with Gasteiger partial charge in [0, 0.05) is 11.1 Å². The molecule has 1 aliphatic rings. The van der Waals surface area contributed by atoms with Gasteiger partial charge in [-0.25, -0.2) is 0 Å². The van der Waals surface area contributed by atoms with Gasteiger partial charge in [0.05, 0.1) is 0 Å². The number of carbonyl (C=O) groups excluding carboxylic acids is 1. The first kappa shape index (κ1) is 18.2. The maximum atomic E-state index is 12.6. The van der Waals surface area contributed by atoms with E-state index in [-0.39, 0.29) is 5.78 Å². The van der Waals surface area contributed by atoms with Gasteiger partial charge in [-0.05, 0) is 49.9 Å². The largest absolute Gasteiger partial charge is 0.289 e. The lowest BCUT2D eigenvalue weighted by atomic mass is 9.96. The number of carbonyl (C=O) groups is 1. The standard InChI is InChI=1S/C17H16O.2C2H6/c1-11-3-5-13-7-8-14-6-4-12(2)10-16(14)17(18)15(13)9-11;2*1-2/h3-6,9-10H,7-8H2,1-2H3;2*1-2H3. The zero-order valence-corrected chi connectivity index (χ0v) is 14.8.